The van der Waals surface area contributed by atoms with Crippen LogP contribution in [-0.2, 0) is 0 Å². The monoisotopic (exact) mass is 355 g/mol. The number of aromatic nitrogens is 2. The highest BCUT2D eigenvalue weighted by Gasteiger charge is 2.25. The highest BCUT2D eigenvalue weighted by Crippen LogP contribution is 2.24. The van der Waals surface area contributed by atoms with Crippen LogP contribution in [0.4, 0.5) is 5.82 Å². The Kier molecular flexibility index (Phi) is 5.08. The topological polar surface area (TPSA) is 56.1 Å². The Morgan fingerprint density at radius 2 is 1.52 bits per heavy atom. The van der Waals surface area contributed by atoms with Crippen LogP contribution in [0.1, 0.15) is 11.6 Å². The largest absolute Gasteiger partial charge is 0.354 e. The normalized spacial score (nSPS) is 15.9. The molecule has 0 saturated carbocycles. The predicted molar refractivity (Wildman–Crippen MR) is 106 cm³/mol. The van der Waals surface area contributed by atoms with Gasteiger partial charge >= 0.3 is 0 Å². The lowest BCUT2D eigenvalue weighted by Gasteiger charge is -2.37. The van der Waals surface area contributed by atoms with Crippen LogP contribution >= 0.6 is 0 Å². The van der Waals surface area contributed by atoms with E-state index in [0.29, 0.717) is 0 Å². The third kappa shape index (κ3) is 3.81. The Morgan fingerprint density at radius 3 is 2.19 bits per heavy atom. The molecule has 1 fully saturated rings. The van der Waals surface area contributed by atoms with Crippen molar-refractivity contribution in [1.82, 2.24) is 14.9 Å². The molecule has 5 heteroatoms. The molecule has 3 aromatic rings. The van der Waals surface area contributed by atoms with Gasteiger partial charge in [0.15, 0.2) is 5.82 Å². The van der Waals surface area contributed by atoms with E-state index in [-0.39, 0.29) is 6.04 Å². The number of hydrogen-bond acceptors (Lipinski definition) is 5. The molecule has 1 atom stereocenters. The van der Waals surface area contributed by atoms with E-state index in [4.69, 9.17) is 4.98 Å². The summed E-state index contributed by atoms with van der Waals surface area (Å²) in [5, 5.41) is 9.65. The maximum absolute atomic E-state index is 9.65. The van der Waals surface area contributed by atoms with Crippen molar-refractivity contribution in [3.8, 4) is 17.5 Å². The first-order valence-electron chi connectivity index (χ1n) is 9.17. The van der Waals surface area contributed by atoms with Crippen molar-refractivity contribution in [3.63, 3.8) is 0 Å². The molecule has 5 nitrogen and oxygen atoms in total. The molecular weight excluding hydrogens is 334 g/mol. The fraction of sp³-hybridized carbons (Fsp3) is 0.227. The summed E-state index contributed by atoms with van der Waals surface area (Å²) in [6, 6.07) is 24.3. The summed E-state index contributed by atoms with van der Waals surface area (Å²) >= 11 is 0. The van der Waals surface area contributed by atoms with E-state index in [1.807, 2.05) is 72.9 Å². The summed E-state index contributed by atoms with van der Waals surface area (Å²) in [4.78, 5) is 13.7. The third-order valence-electron chi connectivity index (χ3n) is 4.91. The predicted octanol–water partition coefficient (Wildman–Crippen LogP) is 3.53. The van der Waals surface area contributed by atoms with Gasteiger partial charge in [-0.15, -0.1) is 0 Å². The average Bonchev–Trinajstić information content (AvgIpc) is 2.76. The molecule has 0 N–H and O–H groups in total. The lowest BCUT2D eigenvalue weighted by molar-refractivity contribution is 0.222. The molecule has 27 heavy (non-hydrogen) atoms. The zero-order valence-corrected chi connectivity index (χ0v) is 15.1. The van der Waals surface area contributed by atoms with Crippen molar-refractivity contribution >= 4 is 5.82 Å². The Morgan fingerprint density at radius 1 is 0.852 bits per heavy atom. The molecule has 2 aromatic carbocycles. The first-order chi connectivity index (χ1) is 13.3. The lowest BCUT2D eigenvalue weighted by Crippen LogP contribution is -2.47. The van der Waals surface area contributed by atoms with Gasteiger partial charge in [-0.25, -0.2) is 9.97 Å². The summed E-state index contributed by atoms with van der Waals surface area (Å²) in [6.07, 6.45) is 1.82. The number of nitrogens with zero attached hydrogens (tertiary/aromatic N) is 5. The maximum Gasteiger partial charge on any atom is 0.161 e. The van der Waals surface area contributed by atoms with Gasteiger partial charge in [0.1, 0.15) is 11.9 Å². The summed E-state index contributed by atoms with van der Waals surface area (Å²) in [5.74, 6) is 1.69. The summed E-state index contributed by atoms with van der Waals surface area (Å²) in [6.45, 7) is 3.35. The Bertz CT molecular complexity index is 912. The van der Waals surface area contributed by atoms with Gasteiger partial charge < -0.3 is 4.90 Å². The molecule has 0 spiro atoms. The van der Waals surface area contributed by atoms with Crippen molar-refractivity contribution in [3.05, 3.63) is 78.5 Å². The van der Waals surface area contributed by atoms with Crippen LogP contribution in [0.5, 0.6) is 0 Å². The number of anilines is 1. The van der Waals surface area contributed by atoms with Gasteiger partial charge in [0.05, 0.1) is 6.07 Å². The van der Waals surface area contributed by atoms with Crippen LogP contribution in [-0.4, -0.2) is 41.0 Å². The molecule has 1 saturated heterocycles. The molecule has 134 valence electrons. The lowest BCUT2D eigenvalue weighted by atomic mass is 10.1. The van der Waals surface area contributed by atoms with Crippen molar-refractivity contribution in [2.75, 3.05) is 31.1 Å². The third-order valence-corrected chi connectivity index (χ3v) is 4.91. The maximum atomic E-state index is 9.65. The van der Waals surface area contributed by atoms with E-state index in [1.54, 1.807) is 0 Å². The highest BCUT2D eigenvalue weighted by molar-refractivity contribution is 5.57. The number of piperazine rings is 1. The van der Waals surface area contributed by atoms with Crippen LogP contribution < -0.4 is 4.90 Å². The smallest absolute Gasteiger partial charge is 0.161 e. The van der Waals surface area contributed by atoms with Crippen LogP contribution in [0.2, 0.25) is 0 Å². The van der Waals surface area contributed by atoms with Gasteiger partial charge in [-0.3, -0.25) is 4.90 Å². The Labute approximate surface area is 159 Å². The van der Waals surface area contributed by atoms with Crippen LogP contribution in [0, 0.1) is 11.3 Å². The second-order valence-corrected chi connectivity index (χ2v) is 6.57. The van der Waals surface area contributed by atoms with Crippen molar-refractivity contribution < 1.29 is 0 Å². The first kappa shape index (κ1) is 17.2. The summed E-state index contributed by atoms with van der Waals surface area (Å²) in [5.41, 5.74) is 2.08. The molecular formula is C22H21N5. The van der Waals surface area contributed by atoms with E-state index in [0.717, 1.165) is 48.9 Å². The van der Waals surface area contributed by atoms with E-state index < -0.39 is 0 Å². The zero-order chi connectivity index (χ0) is 18.5. The average molecular weight is 355 g/mol. The van der Waals surface area contributed by atoms with Crippen LogP contribution in [0.25, 0.3) is 11.4 Å². The van der Waals surface area contributed by atoms with Crippen molar-refractivity contribution in [1.29, 1.82) is 5.26 Å². The fourth-order valence-corrected chi connectivity index (χ4v) is 3.46. The van der Waals surface area contributed by atoms with Gasteiger partial charge in [0, 0.05) is 37.9 Å². The van der Waals surface area contributed by atoms with Gasteiger partial charge in [-0.1, -0.05) is 60.7 Å². The molecule has 1 aliphatic rings. The quantitative estimate of drug-likeness (QED) is 0.717. The highest BCUT2D eigenvalue weighted by atomic mass is 15.3. The molecule has 4 rings (SSSR count). The van der Waals surface area contributed by atoms with Crippen molar-refractivity contribution in [2.24, 2.45) is 0 Å². The molecule has 0 radical (unpaired) electrons. The Hall–Kier alpha value is -3.23. The second kappa shape index (κ2) is 7.98. The molecule has 0 aliphatic carbocycles. The zero-order valence-electron chi connectivity index (χ0n) is 15.1. The first-order valence-corrected chi connectivity index (χ1v) is 9.17. The van der Waals surface area contributed by atoms with Gasteiger partial charge in [0.2, 0.25) is 0 Å². The van der Waals surface area contributed by atoms with Gasteiger partial charge in [-0.2, -0.15) is 5.26 Å². The van der Waals surface area contributed by atoms with E-state index >= 15 is 0 Å². The SMILES string of the molecule is N#CC(c1ccccc1)N1CCN(c2ccnc(-c3ccccc3)n2)CC1. The Balaban J connectivity index is 1.46. The molecule has 1 aromatic heterocycles. The van der Waals surface area contributed by atoms with E-state index in [1.165, 1.54) is 0 Å². The number of nitriles is 1. The second-order valence-electron chi connectivity index (χ2n) is 6.57. The minimum Gasteiger partial charge on any atom is -0.354 e. The van der Waals surface area contributed by atoms with Crippen molar-refractivity contribution in [2.45, 2.75) is 6.04 Å². The summed E-state index contributed by atoms with van der Waals surface area (Å²) < 4.78 is 0. The standard InChI is InChI=1S/C22H21N5/c23-17-20(18-7-3-1-4-8-18)26-13-15-27(16-14-26)21-11-12-24-22(25-21)19-9-5-2-6-10-19/h1-12,20H,13-16H2. The van der Waals surface area contributed by atoms with E-state index in [9.17, 15) is 5.26 Å². The molecule has 1 aliphatic heterocycles. The molecule has 2 heterocycles. The number of hydrogen-bond donors (Lipinski definition) is 0. The molecule has 1 unspecified atom stereocenters. The van der Waals surface area contributed by atoms with E-state index in [2.05, 4.69) is 20.9 Å². The van der Waals surface area contributed by atoms with Crippen LogP contribution in [0.3, 0.4) is 0 Å². The fourth-order valence-electron chi connectivity index (χ4n) is 3.46. The summed E-state index contributed by atoms with van der Waals surface area (Å²) in [7, 11) is 0. The molecule has 0 amide bonds. The van der Waals surface area contributed by atoms with Gasteiger partial charge in [-0.05, 0) is 11.6 Å². The van der Waals surface area contributed by atoms with Crippen LogP contribution in [0.15, 0.2) is 72.9 Å². The minimum atomic E-state index is -0.196. The minimum absolute atomic E-state index is 0.196. The van der Waals surface area contributed by atoms with Gasteiger partial charge in [0.25, 0.3) is 0 Å². The number of benzene rings is 2. The number of rotatable bonds is 4. The molecule has 0 bridgehead atoms.